The first kappa shape index (κ1) is 18.7. The van der Waals surface area contributed by atoms with Gasteiger partial charge in [0.05, 0.1) is 16.9 Å². The van der Waals surface area contributed by atoms with E-state index in [1.807, 2.05) is 41.6 Å². The van der Waals surface area contributed by atoms with Gasteiger partial charge in [-0.3, -0.25) is 9.59 Å². The van der Waals surface area contributed by atoms with Gasteiger partial charge in [0.2, 0.25) is 0 Å². The van der Waals surface area contributed by atoms with E-state index in [-0.39, 0.29) is 11.5 Å². The average Bonchev–Trinajstić information content (AvgIpc) is 2.59. The second-order valence-electron chi connectivity index (χ2n) is 5.02. The summed E-state index contributed by atoms with van der Waals surface area (Å²) in [4.78, 5) is 23.6. The molecule has 3 N–H and O–H groups in total. The molecule has 0 spiro atoms. The fraction of sp³-hybridized carbons (Fsp3) is 0.118. The summed E-state index contributed by atoms with van der Waals surface area (Å²) in [6, 6.07) is 10.3. The summed E-state index contributed by atoms with van der Waals surface area (Å²) in [7, 11) is 1.43. The van der Waals surface area contributed by atoms with Crippen LogP contribution in [0.4, 0.5) is 5.69 Å². The molecule has 2 amide bonds. The predicted octanol–water partition coefficient (Wildman–Crippen LogP) is 2.40. The van der Waals surface area contributed by atoms with Crippen LogP contribution in [0.2, 0.25) is 0 Å². The van der Waals surface area contributed by atoms with Gasteiger partial charge >= 0.3 is 11.8 Å². The van der Waals surface area contributed by atoms with Crippen molar-refractivity contribution in [2.45, 2.75) is 6.92 Å². The predicted molar refractivity (Wildman–Crippen MR) is 103 cm³/mol. The summed E-state index contributed by atoms with van der Waals surface area (Å²) >= 11 is 1.95. The Morgan fingerprint density at radius 3 is 2.64 bits per heavy atom. The van der Waals surface area contributed by atoms with E-state index in [0.717, 1.165) is 5.56 Å². The van der Waals surface area contributed by atoms with E-state index in [9.17, 15) is 14.7 Å². The SMILES string of the molecule is COc1cc(/C=N\NC(=O)C(=O)Nc2ccccc2C)cc(I)c1O. The number of nitrogens with zero attached hydrogens (tertiary/aromatic N) is 1. The van der Waals surface area contributed by atoms with E-state index in [1.165, 1.54) is 13.3 Å². The number of carbonyl (C=O) groups excluding carboxylic acids is 2. The quantitative estimate of drug-likeness (QED) is 0.287. The number of carbonyl (C=O) groups is 2. The summed E-state index contributed by atoms with van der Waals surface area (Å²) < 4.78 is 5.61. The number of methoxy groups -OCH3 is 1. The lowest BCUT2D eigenvalue weighted by Crippen LogP contribution is -2.32. The molecule has 2 rings (SSSR count). The summed E-state index contributed by atoms with van der Waals surface area (Å²) in [5.41, 5.74) is 4.16. The van der Waals surface area contributed by atoms with Crippen molar-refractivity contribution in [2.24, 2.45) is 5.10 Å². The number of para-hydroxylation sites is 1. The van der Waals surface area contributed by atoms with Gasteiger partial charge in [-0.25, -0.2) is 5.43 Å². The lowest BCUT2D eigenvalue weighted by Gasteiger charge is -2.07. The van der Waals surface area contributed by atoms with Gasteiger partial charge in [-0.1, -0.05) is 18.2 Å². The molecular formula is C17H16IN3O4. The Kier molecular flexibility index (Phi) is 6.34. The molecule has 2 aromatic carbocycles. The van der Waals surface area contributed by atoms with E-state index >= 15 is 0 Å². The maximum Gasteiger partial charge on any atom is 0.329 e. The molecule has 25 heavy (non-hydrogen) atoms. The van der Waals surface area contributed by atoms with Crippen LogP contribution in [0.5, 0.6) is 11.5 Å². The molecule has 130 valence electrons. The van der Waals surface area contributed by atoms with Crippen LogP contribution in [-0.4, -0.2) is 30.2 Å². The van der Waals surface area contributed by atoms with Crippen LogP contribution in [0.1, 0.15) is 11.1 Å². The van der Waals surface area contributed by atoms with Crippen LogP contribution in [0, 0.1) is 10.5 Å². The van der Waals surface area contributed by atoms with Crippen molar-refractivity contribution in [3.8, 4) is 11.5 Å². The second kappa shape index (κ2) is 8.47. The Morgan fingerprint density at radius 1 is 1.24 bits per heavy atom. The molecule has 0 aliphatic heterocycles. The van der Waals surface area contributed by atoms with Gasteiger partial charge in [-0.2, -0.15) is 5.10 Å². The Labute approximate surface area is 158 Å². The standard InChI is InChI=1S/C17H16IN3O4/c1-10-5-3-4-6-13(10)20-16(23)17(24)21-19-9-11-7-12(18)15(22)14(8-11)25-2/h3-9,22H,1-2H3,(H,20,23)(H,21,24)/b19-9-. The number of benzene rings is 2. The zero-order chi connectivity index (χ0) is 18.4. The van der Waals surface area contributed by atoms with Crippen molar-refractivity contribution in [1.29, 1.82) is 0 Å². The Morgan fingerprint density at radius 2 is 1.96 bits per heavy atom. The van der Waals surface area contributed by atoms with Gasteiger partial charge in [0, 0.05) is 5.69 Å². The van der Waals surface area contributed by atoms with Crippen molar-refractivity contribution in [3.05, 3.63) is 51.1 Å². The van der Waals surface area contributed by atoms with Crippen LogP contribution in [-0.2, 0) is 9.59 Å². The number of phenolic OH excluding ortho intramolecular Hbond substituents is 1. The maximum absolute atomic E-state index is 11.9. The molecule has 0 saturated carbocycles. The molecule has 0 heterocycles. The van der Waals surface area contributed by atoms with Gasteiger partial charge in [-0.05, 0) is 58.8 Å². The molecule has 2 aromatic rings. The number of rotatable bonds is 4. The minimum absolute atomic E-state index is 0.0295. The molecule has 8 heteroatoms. The van der Waals surface area contributed by atoms with Crippen molar-refractivity contribution < 1.29 is 19.4 Å². The van der Waals surface area contributed by atoms with E-state index in [2.05, 4.69) is 15.8 Å². The van der Waals surface area contributed by atoms with Crippen molar-refractivity contribution in [3.63, 3.8) is 0 Å². The van der Waals surface area contributed by atoms with Crippen molar-refractivity contribution >= 4 is 46.3 Å². The first-order chi connectivity index (χ1) is 11.9. The first-order valence-corrected chi connectivity index (χ1v) is 8.26. The fourth-order valence-corrected chi connectivity index (χ4v) is 2.56. The van der Waals surface area contributed by atoms with E-state index in [0.29, 0.717) is 14.8 Å². The number of halogens is 1. The lowest BCUT2D eigenvalue weighted by atomic mass is 10.2. The monoisotopic (exact) mass is 453 g/mol. The zero-order valence-electron chi connectivity index (χ0n) is 13.5. The maximum atomic E-state index is 11.9. The summed E-state index contributed by atoms with van der Waals surface area (Å²) in [6.45, 7) is 1.82. The van der Waals surface area contributed by atoms with E-state index < -0.39 is 11.8 Å². The van der Waals surface area contributed by atoms with Gasteiger partial charge in [0.1, 0.15) is 0 Å². The molecule has 0 aromatic heterocycles. The smallest absolute Gasteiger partial charge is 0.329 e. The molecule has 0 aliphatic rings. The molecule has 0 aliphatic carbocycles. The number of hydrogen-bond donors (Lipinski definition) is 3. The van der Waals surface area contributed by atoms with Gasteiger partial charge < -0.3 is 15.2 Å². The summed E-state index contributed by atoms with van der Waals surface area (Å²) in [5, 5.41) is 16.0. The van der Waals surface area contributed by atoms with Crippen LogP contribution < -0.4 is 15.5 Å². The number of ether oxygens (including phenoxy) is 1. The highest BCUT2D eigenvalue weighted by molar-refractivity contribution is 14.1. The number of hydrogen-bond acceptors (Lipinski definition) is 5. The van der Waals surface area contributed by atoms with E-state index in [4.69, 9.17) is 4.74 Å². The third-order valence-electron chi connectivity index (χ3n) is 3.25. The number of anilines is 1. The Hall–Kier alpha value is -2.62. The fourth-order valence-electron chi connectivity index (χ4n) is 1.93. The number of aromatic hydroxyl groups is 1. The molecule has 0 fully saturated rings. The highest BCUT2D eigenvalue weighted by Gasteiger charge is 2.13. The molecule has 7 nitrogen and oxygen atoms in total. The lowest BCUT2D eigenvalue weighted by molar-refractivity contribution is -0.136. The largest absolute Gasteiger partial charge is 0.504 e. The normalized spacial score (nSPS) is 10.5. The third-order valence-corrected chi connectivity index (χ3v) is 4.07. The Balaban J connectivity index is 1.99. The van der Waals surface area contributed by atoms with Crippen LogP contribution in [0.25, 0.3) is 0 Å². The second-order valence-corrected chi connectivity index (χ2v) is 6.18. The number of nitrogens with one attached hydrogen (secondary N) is 2. The van der Waals surface area contributed by atoms with Crippen LogP contribution >= 0.6 is 22.6 Å². The minimum atomic E-state index is -0.889. The van der Waals surface area contributed by atoms with Crippen molar-refractivity contribution in [1.82, 2.24) is 5.43 Å². The third kappa shape index (κ3) is 4.92. The highest BCUT2D eigenvalue weighted by atomic mass is 127. The number of amides is 2. The minimum Gasteiger partial charge on any atom is -0.504 e. The number of hydrazone groups is 1. The molecule has 0 bridgehead atoms. The molecular weight excluding hydrogens is 437 g/mol. The average molecular weight is 453 g/mol. The van der Waals surface area contributed by atoms with E-state index in [1.54, 1.807) is 24.3 Å². The number of phenols is 1. The first-order valence-electron chi connectivity index (χ1n) is 7.19. The zero-order valence-corrected chi connectivity index (χ0v) is 15.7. The molecule has 0 unspecified atom stereocenters. The van der Waals surface area contributed by atoms with Gasteiger partial charge in [0.25, 0.3) is 0 Å². The summed E-state index contributed by atoms with van der Waals surface area (Å²) in [5.74, 6) is -1.39. The highest BCUT2D eigenvalue weighted by Crippen LogP contribution is 2.31. The molecule has 0 radical (unpaired) electrons. The van der Waals surface area contributed by atoms with Crippen LogP contribution in [0.15, 0.2) is 41.5 Å². The number of aryl methyl sites for hydroxylation is 1. The summed E-state index contributed by atoms with van der Waals surface area (Å²) in [6.07, 6.45) is 1.35. The van der Waals surface area contributed by atoms with Gasteiger partial charge in [-0.15, -0.1) is 0 Å². The van der Waals surface area contributed by atoms with Crippen LogP contribution in [0.3, 0.4) is 0 Å². The Bertz CT molecular complexity index is 837. The van der Waals surface area contributed by atoms with Crippen molar-refractivity contribution in [2.75, 3.05) is 12.4 Å². The topological polar surface area (TPSA) is 100 Å². The van der Waals surface area contributed by atoms with Gasteiger partial charge in [0.15, 0.2) is 11.5 Å². The molecule has 0 atom stereocenters. The molecule has 0 saturated heterocycles.